The molecule has 19 heavy (non-hydrogen) atoms. The van der Waals surface area contributed by atoms with Crippen LogP contribution in [0.15, 0.2) is 36.7 Å². The minimum absolute atomic E-state index is 0.564. The lowest BCUT2D eigenvalue weighted by molar-refractivity contribution is 0.417. The Labute approximate surface area is 111 Å². The number of nitrogens with two attached hydrogens (primary N) is 1. The maximum absolute atomic E-state index is 8.97. The molecule has 0 unspecified atom stereocenters. The van der Waals surface area contributed by atoms with Gasteiger partial charge in [-0.15, -0.1) is 0 Å². The maximum Gasteiger partial charge on any atom is 0.141 e. The number of pyridine rings is 1. The summed E-state index contributed by atoms with van der Waals surface area (Å²) in [4.78, 5) is 3.99. The van der Waals surface area contributed by atoms with Crippen LogP contribution in [0.25, 0.3) is 0 Å². The van der Waals surface area contributed by atoms with Crippen molar-refractivity contribution in [2.45, 2.75) is 6.54 Å². The summed E-state index contributed by atoms with van der Waals surface area (Å²) in [5.74, 6) is 0.655. The van der Waals surface area contributed by atoms with E-state index >= 15 is 0 Å². The molecular weight excluding hydrogens is 240 g/mol. The summed E-state index contributed by atoms with van der Waals surface area (Å²) in [6.07, 6.45) is 3.22. The van der Waals surface area contributed by atoms with Crippen LogP contribution in [0.5, 0.6) is 5.75 Å². The lowest BCUT2D eigenvalue weighted by Crippen LogP contribution is -2.03. The van der Waals surface area contributed by atoms with E-state index in [9.17, 15) is 0 Å². The molecule has 2 rings (SSSR count). The molecule has 0 spiro atoms. The van der Waals surface area contributed by atoms with Crippen molar-refractivity contribution in [3.05, 3.63) is 47.8 Å². The number of methoxy groups -OCH3 is 1. The number of anilines is 2. The Hall–Kier alpha value is -2.74. The van der Waals surface area contributed by atoms with Crippen molar-refractivity contribution in [1.82, 2.24) is 4.98 Å². The third kappa shape index (κ3) is 2.93. The van der Waals surface area contributed by atoms with E-state index in [0.717, 1.165) is 5.56 Å². The highest BCUT2D eigenvalue weighted by molar-refractivity contribution is 5.57. The van der Waals surface area contributed by atoms with Crippen molar-refractivity contribution in [2.75, 3.05) is 18.2 Å². The Morgan fingerprint density at radius 1 is 1.42 bits per heavy atom. The molecule has 0 fully saturated rings. The van der Waals surface area contributed by atoms with Gasteiger partial charge in [-0.3, -0.25) is 4.98 Å². The van der Waals surface area contributed by atoms with E-state index in [2.05, 4.69) is 16.4 Å². The normalized spacial score (nSPS) is 9.68. The average molecular weight is 254 g/mol. The molecule has 2 aromatic rings. The topological polar surface area (TPSA) is 84.0 Å². The number of benzene rings is 1. The number of hydrogen-bond donors (Lipinski definition) is 2. The van der Waals surface area contributed by atoms with E-state index in [1.807, 2.05) is 18.2 Å². The molecule has 5 nitrogen and oxygen atoms in total. The molecule has 0 bridgehead atoms. The predicted molar refractivity (Wildman–Crippen MR) is 73.7 cm³/mol. The molecule has 1 aromatic carbocycles. The summed E-state index contributed by atoms with van der Waals surface area (Å²) in [6, 6.07) is 9.37. The lowest BCUT2D eigenvalue weighted by atomic mass is 10.1. The first-order chi connectivity index (χ1) is 9.24. The molecule has 0 radical (unpaired) electrons. The van der Waals surface area contributed by atoms with Crippen molar-refractivity contribution in [3.63, 3.8) is 0 Å². The van der Waals surface area contributed by atoms with E-state index in [0.29, 0.717) is 29.2 Å². The summed E-state index contributed by atoms with van der Waals surface area (Å²) in [7, 11) is 1.58. The molecule has 0 aliphatic heterocycles. The van der Waals surface area contributed by atoms with E-state index in [4.69, 9.17) is 15.7 Å². The fraction of sp³-hybridized carbons (Fsp3) is 0.143. The van der Waals surface area contributed by atoms with Gasteiger partial charge in [0.05, 0.1) is 30.2 Å². The van der Waals surface area contributed by atoms with Crippen molar-refractivity contribution in [1.29, 1.82) is 5.26 Å². The molecule has 0 aliphatic rings. The van der Waals surface area contributed by atoms with Gasteiger partial charge in [0.15, 0.2) is 0 Å². The number of nitriles is 1. The second-order valence-corrected chi connectivity index (χ2v) is 3.96. The second kappa shape index (κ2) is 5.74. The highest BCUT2D eigenvalue weighted by Gasteiger charge is 2.03. The van der Waals surface area contributed by atoms with Crippen LogP contribution < -0.4 is 15.8 Å². The Kier molecular flexibility index (Phi) is 3.84. The van der Waals surface area contributed by atoms with Crippen molar-refractivity contribution < 1.29 is 4.74 Å². The second-order valence-electron chi connectivity index (χ2n) is 3.96. The zero-order valence-corrected chi connectivity index (χ0v) is 10.6. The molecular formula is C14H14N4O. The number of nitrogens with one attached hydrogen (secondary N) is 1. The summed E-state index contributed by atoms with van der Waals surface area (Å²) in [5, 5.41) is 12.1. The van der Waals surface area contributed by atoms with Crippen molar-refractivity contribution in [3.8, 4) is 11.8 Å². The molecule has 0 aliphatic carbocycles. The number of rotatable bonds is 4. The fourth-order valence-corrected chi connectivity index (χ4v) is 1.72. The first-order valence-electron chi connectivity index (χ1n) is 5.75. The van der Waals surface area contributed by atoms with Gasteiger partial charge in [0.2, 0.25) is 0 Å². The van der Waals surface area contributed by atoms with E-state index in [1.54, 1.807) is 25.6 Å². The Morgan fingerprint density at radius 2 is 2.26 bits per heavy atom. The Morgan fingerprint density at radius 3 is 2.95 bits per heavy atom. The monoisotopic (exact) mass is 254 g/mol. The van der Waals surface area contributed by atoms with Crippen LogP contribution in [0, 0.1) is 11.3 Å². The zero-order chi connectivity index (χ0) is 13.7. The third-order valence-corrected chi connectivity index (χ3v) is 2.72. The summed E-state index contributed by atoms with van der Waals surface area (Å²) < 4.78 is 5.10. The number of aromatic nitrogens is 1. The molecule has 96 valence electrons. The predicted octanol–water partition coefficient (Wildman–Crippen LogP) is 2.16. The number of ether oxygens (including phenoxy) is 1. The molecule has 3 N–H and O–H groups in total. The molecule has 1 aromatic heterocycles. The summed E-state index contributed by atoms with van der Waals surface area (Å²) in [6.45, 7) is 0.564. The molecule has 0 amide bonds. The van der Waals surface area contributed by atoms with E-state index in [1.165, 1.54) is 0 Å². The van der Waals surface area contributed by atoms with Gasteiger partial charge in [-0.25, -0.2) is 0 Å². The maximum atomic E-state index is 8.97. The largest absolute Gasteiger partial charge is 0.495 e. The quantitative estimate of drug-likeness (QED) is 0.817. The van der Waals surface area contributed by atoms with Crippen molar-refractivity contribution >= 4 is 11.4 Å². The minimum atomic E-state index is 0.564. The highest BCUT2D eigenvalue weighted by Crippen LogP contribution is 2.22. The summed E-state index contributed by atoms with van der Waals surface area (Å²) >= 11 is 0. The number of hydrogen-bond acceptors (Lipinski definition) is 5. The Balaban J connectivity index is 2.11. The van der Waals surface area contributed by atoms with Crippen LogP contribution in [0.3, 0.4) is 0 Å². The van der Waals surface area contributed by atoms with E-state index < -0.39 is 0 Å². The molecule has 0 saturated heterocycles. The van der Waals surface area contributed by atoms with Crippen LogP contribution in [0.1, 0.15) is 11.1 Å². The fourth-order valence-electron chi connectivity index (χ4n) is 1.72. The van der Waals surface area contributed by atoms with Gasteiger partial charge in [-0.05, 0) is 23.8 Å². The van der Waals surface area contributed by atoms with Gasteiger partial charge in [0, 0.05) is 12.7 Å². The van der Waals surface area contributed by atoms with Crippen molar-refractivity contribution in [2.24, 2.45) is 0 Å². The summed E-state index contributed by atoms with van der Waals surface area (Å²) in [5.41, 5.74) is 8.71. The van der Waals surface area contributed by atoms with Crippen LogP contribution in [-0.2, 0) is 6.54 Å². The van der Waals surface area contributed by atoms with Gasteiger partial charge < -0.3 is 15.8 Å². The molecule has 1 heterocycles. The molecule has 5 heteroatoms. The molecule has 0 saturated carbocycles. The highest BCUT2D eigenvalue weighted by atomic mass is 16.5. The lowest BCUT2D eigenvalue weighted by Gasteiger charge is -2.10. The van der Waals surface area contributed by atoms with Gasteiger partial charge in [-0.1, -0.05) is 6.07 Å². The van der Waals surface area contributed by atoms with Crippen LogP contribution >= 0.6 is 0 Å². The minimum Gasteiger partial charge on any atom is -0.495 e. The van der Waals surface area contributed by atoms with Gasteiger partial charge in [0.25, 0.3) is 0 Å². The first kappa shape index (κ1) is 12.7. The molecule has 0 atom stereocenters. The Bertz CT molecular complexity index is 619. The zero-order valence-electron chi connectivity index (χ0n) is 10.6. The smallest absolute Gasteiger partial charge is 0.141 e. The van der Waals surface area contributed by atoms with Gasteiger partial charge in [0.1, 0.15) is 11.8 Å². The standard InChI is InChI=1S/C14H14N4O/c1-19-14-3-2-10(6-12(14)16)8-18-13-9-17-5-4-11(13)7-15/h2-6,9,18H,8,16H2,1H3. The van der Waals surface area contributed by atoms with Crippen LogP contribution in [-0.4, -0.2) is 12.1 Å². The van der Waals surface area contributed by atoms with Gasteiger partial charge >= 0.3 is 0 Å². The van der Waals surface area contributed by atoms with E-state index in [-0.39, 0.29) is 0 Å². The number of nitrogens with zero attached hydrogens (tertiary/aromatic N) is 2. The van der Waals surface area contributed by atoms with Gasteiger partial charge in [-0.2, -0.15) is 5.26 Å². The average Bonchev–Trinajstić information content (AvgIpc) is 2.45. The third-order valence-electron chi connectivity index (χ3n) is 2.72. The first-order valence-corrected chi connectivity index (χ1v) is 5.75. The van der Waals surface area contributed by atoms with Crippen LogP contribution in [0.4, 0.5) is 11.4 Å². The van der Waals surface area contributed by atoms with Crippen LogP contribution in [0.2, 0.25) is 0 Å². The number of nitrogen functional groups attached to an aromatic ring is 1. The SMILES string of the molecule is COc1ccc(CNc2cnccc2C#N)cc1N.